The van der Waals surface area contributed by atoms with Gasteiger partial charge in [0.15, 0.2) is 0 Å². The van der Waals surface area contributed by atoms with Gasteiger partial charge in [-0.25, -0.2) is 13.8 Å². The van der Waals surface area contributed by atoms with E-state index in [1.165, 1.54) is 11.3 Å². The molecule has 0 saturated heterocycles. The minimum atomic E-state index is -4.12. The molecule has 1 aromatic heterocycles. The van der Waals surface area contributed by atoms with Crippen molar-refractivity contribution in [1.82, 2.24) is 10.3 Å². The molecular formula is C11H16F4N2OS. The van der Waals surface area contributed by atoms with Gasteiger partial charge in [-0.05, 0) is 20.9 Å². The molecule has 0 bridgehead atoms. The van der Waals surface area contributed by atoms with E-state index in [1.54, 1.807) is 12.4 Å². The van der Waals surface area contributed by atoms with Gasteiger partial charge in [-0.1, -0.05) is 0 Å². The third-order valence-electron chi connectivity index (χ3n) is 2.66. The second-order valence-corrected chi connectivity index (χ2v) is 5.50. The molecule has 110 valence electrons. The predicted molar refractivity (Wildman–Crippen MR) is 64.8 cm³/mol. The highest BCUT2D eigenvalue weighted by Crippen LogP contribution is 2.25. The molecule has 0 aliphatic carbocycles. The smallest absolute Gasteiger partial charge is 0.330 e. The van der Waals surface area contributed by atoms with Crippen molar-refractivity contribution in [2.75, 3.05) is 13.7 Å². The van der Waals surface area contributed by atoms with Crippen molar-refractivity contribution < 1.29 is 22.3 Å². The van der Waals surface area contributed by atoms with Crippen molar-refractivity contribution >= 4 is 11.3 Å². The highest BCUT2D eigenvalue weighted by Gasteiger charge is 2.41. The fourth-order valence-electron chi connectivity index (χ4n) is 1.13. The van der Waals surface area contributed by atoms with Crippen LogP contribution in [0.2, 0.25) is 0 Å². The SMILES string of the molecule is CNC(C)(C)c1csc(COCC(F)(F)C(F)F)n1. The second kappa shape index (κ2) is 6.15. The van der Waals surface area contributed by atoms with Gasteiger partial charge in [-0.15, -0.1) is 11.3 Å². The molecule has 8 heteroatoms. The number of alkyl halides is 4. The maximum Gasteiger partial charge on any atom is 0.330 e. The number of thiazole rings is 1. The summed E-state index contributed by atoms with van der Waals surface area (Å²) < 4.78 is 53.6. The largest absolute Gasteiger partial charge is 0.368 e. The van der Waals surface area contributed by atoms with Gasteiger partial charge in [0.05, 0.1) is 17.8 Å². The average molecular weight is 300 g/mol. The van der Waals surface area contributed by atoms with E-state index in [-0.39, 0.29) is 12.1 Å². The highest BCUT2D eigenvalue weighted by atomic mass is 32.1. The first-order valence-electron chi connectivity index (χ1n) is 5.56. The highest BCUT2D eigenvalue weighted by molar-refractivity contribution is 7.09. The molecule has 1 rings (SSSR count). The van der Waals surface area contributed by atoms with E-state index in [4.69, 9.17) is 0 Å². The minimum Gasteiger partial charge on any atom is -0.368 e. The first-order valence-corrected chi connectivity index (χ1v) is 6.44. The maximum atomic E-state index is 12.6. The van der Waals surface area contributed by atoms with Gasteiger partial charge in [0.25, 0.3) is 0 Å². The molecule has 0 spiro atoms. The van der Waals surface area contributed by atoms with Crippen molar-refractivity contribution in [1.29, 1.82) is 0 Å². The summed E-state index contributed by atoms with van der Waals surface area (Å²) in [4.78, 5) is 4.22. The van der Waals surface area contributed by atoms with E-state index in [2.05, 4.69) is 15.0 Å². The topological polar surface area (TPSA) is 34.1 Å². The lowest BCUT2D eigenvalue weighted by Gasteiger charge is -2.21. The Hall–Kier alpha value is -0.730. The Bertz CT molecular complexity index is 409. The molecule has 0 radical (unpaired) electrons. The van der Waals surface area contributed by atoms with Crippen LogP contribution in [0.4, 0.5) is 17.6 Å². The predicted octanol–water partition coefficient (Wildman–Crippen LogP) is 3.01. The van der Waals surface area contributed by atoms with E-state index in [0.717, 1.165) is 5.69 Å². The number of rotatable bonds is 7. The lowest BCUT2D eigenvalue weighted by atomic mass is 10.0. The Morgan fingerprint density at radius 1 is 1.42 bits per heavy atom. The van der Waals surface area contributed by atoms with E-state index < -0.39 is 19.0 Å². The van der Waals surface area contributed by atoms with Crippen molar-refractivity contribution in [3.05, 3.63) is 16.1 Å². The van der Waals surface area contributed by atoms with Crippen LogP contribution < -0.4 is 5.32 Å². The van der Waals surface area contributed by atoms with Gasteiger partial charge in [0.2, 0.25) is 0 Å². The summed E-state index contributed by atoms with van der Waals surface area (Å²) in [5.74, 6) is -4.12. The van der Waals surface area contributed by atoms with Crippen LogP contribution in [0.3, 0.4) is 0 Å². The van der Waals surface area contributed by atoms with Crippen LogP contribution in [-0.2, 0) is 16.9 Å². The number of nitrogens with one attached hydrogen (secondary N) is 1. The summed E-state index contributed by atoms with van der Waals surface area (Å²) >= 11 is 1.24. The van der Waals surface area contributed by atoms with Gasteiger partial charge in [-0.2, -0.15) is 8.78 Å². The molecule has 0 aromatic carbocycles. The van der Waals surface area contributed by atoms with Gasteiger partial charge >= 0.3 is 12.3 Å². The first kappa shape index (κ1) is 16.3. The first-order chi connectivity index (χ1) is 8.69. The standard InChI is InChI=1S/C11H16F4N2OS/c1-10(2,16-3)7-5-19-8(17-7)4-18-6-11(14,15)9(12)13/h5,9,16H,4,6H2,1-3H3. The number of hydrogen-bond acceptors (Lipinski definition) is 4. The normalized spacial score (nSPS) is 13.3. The van der Waals surface area contributed by atoms with E-state index in [0.29, 0.717) is 5.01 Å². The summed E-state index contributed by atoms with van der Waals surface area (Å²) in [5, 5.41) is 5.30. The quantitative estimate of drug-likeness (QED) is 0.786. The van der Waals surface area contributed by atoms with Crippen molar-refractivity contribution in [2.45, 2.75) is 38.3 Å². The Morgan fingerprint density at radius 2 is 2.05 bits per heavy atom. The Balaban J connectivity index is 2.52. The molecule has 1 heterocycles. The summed E-state index contributed by atoms with van der Waals surface area (Å²) in [7, 11) is 1.78. The average Bonchev–Trinajstić information content (AvgIpc) is 2.78. The fourth-order valence-corrected chi connectivity index (χ4v) is 2.03. The number of hydrogen-bond donors (Lipinski definition) is 1. The molecule has 1 aromatic rings. The van der Waals surface area contributed by atoms with Crippen molar-refractivity contribution in [3.63, 3.8) is 0 Å². The zero-order chi connectivity index (χ0) is 14.7. The molecule has 3 nitrogen and oxygen atoms in total. The molecule has 0 unspecified atom stereocenters. The summed E-state index contributed by atoms with van der Waals surface area (Å²) in [5.41, 5.74) is 0.404. The molecule has 0 atom stereocenters. The van der Waals surface area contributed by atoms with E-state index >= 15 is 0 Å². The maximum absolute atomic E-state index is 12.6. The van der Waals surface area contributed by atoms with E-state index in [1.807, 2.05) is 13.8 Å². The van der Waals surface area contributed by atoms with Gasteiger partial charge in [0.1, 0.15) is 11.6 Å². The van der Waals surface area contributed by atoms with Crippen LogP contribution in [0.25, 0.3) is 0 Å². The number of aromatic nitrogens is 1. The molecule has 19 heavy (non-hydrogen) atoms. The third-order valence-corrected chi connectivity index (χ3v) is 3.48. The van der Waals surface area contributed by atoms with Crippen molar-refractivity contribution in [3.8, 4) is 0 Å². The van der Waals surface area contributed by atoms with Crippen LogP contribution in [-0.4, -0.2) is 31.0 Å². The lowest BCUT2D eigenvalue weighted by molar-refractivity contribution is -0.168. The van der Waals surface area contributed by atoms with E-state index in [9.17, 15) is 17.6 Å². The molecule has 0 amide bonds. The third kappa shape index (κ3) is 4.39. The molecule has 0 saturated carbocycles. The van der Waals surface area contributed by atoms with Crippen LogP contribution in [0.1, 0.15) is 24.5 Å². The van der Waals surface area contributed by atoms with Crippen molar-refractivity contribution in [2.24, 2.45) is 0 Å². The minimum absolute atomic E-state index is 0.202. The molecule has 0 fully saturated rings. The number of nitrogens with zero attached hydrogens (tertiary/aromatic N) is 1. The summed E-state index contributed by atoms with van der Waals surface area (Å²) in [6.07, 6.45) is -3.72. The molecule has 1 N–H and O–H groups in total. The summed E-state index contributed by atoms with van der Waals surface area (Å²) in [6.45, 7) is 2.32. The van der Waals surface area contributed by atoms with Crippen LogP contribution in [0.5, 0.6) is 0 Å². The van der Waals surface area contributed by atoms with Gasteiger partial charge in [0, 0.05) is 5.38 Å². The second-order valence-electron chi connectivity index (χ2n) is 4.56. The fraction of sp³-hybridized carbons (Fsp3) is 0.727. The Morgan fingerprint density at radius 3 is 2.58 bits per heavy atom. The van der Waals surface area contributed by atoms with Crippen LogP contribution in [0.15, 0.2) is 5.38 Å². The Labute approximate surface area is 113 Å². The zero-order valence-corrected chi connectivity index (χ0v) is 11.7. The molecule has 0 aliphatic heterocycles. The Kier molecular flexibility index (Phi) is 5.28. The molecular weight excluding hydrogens is 284 g/mol. The molecule has 0 aliphatic rings. The van der Waals surface area contributed by atoms with Crippen LogP contribution in [0, 0.1) is 0 Å². The van der Waals surface area contributed by atoms with Gasteiger partial charge < -0.3 is 10.1 Å². The van der Waals surface area contributed by atoms with Crippen LogP contribution >= 0.6 is 11.3 Å². The number of ether oxygens (including phenoxy) is 1. The zero-order valence-electron chi connectivity index (χ0n) is 10.8. The lowest BCUT2D eigenvalue weighted by Crippen LogP contribution is -2.33. The number of halogens is 4. The summed E-state index contributed by atoms with van der Waals surface area (Å²) in [6, 6.07) is 0. The monoisotopic (exact) mass is 300 g/mol. The van der Waals surface area contributed by atoms with Gasteiger partial charge in [-0.3, -0.25) is 0 Å².